The van der Waals surface area contributed by atoms with Gasteiger partial charge in [0.15, 0.2) is 0 Å². The van der Waals surface area contributed by atoms with Crippen LogP contribution in [-0.2, 0) is 4.79 Å². The van der Waals surface area contributed by atoms with Crippen LogP contribution < -0.4 is 11.1 Å². The van der Waals surface area contributed by atoms with Crippen LogP contribution in [0.4, 0.5) is 13.2 Å². The Morgan fingerprint density at radius 1 is 1.37 bits per heavy atom. The molecule has 1 atom stereocenters. The van der Waals surface area contributed by atoms with Crippen molar-refractivity contribution in [2.75, 3.05) is 12.3 Å². The fourth-order valence-electron chi connectivity index (χ4n) is 1.38. The number of carbonyl (C=O) groups excluding carboxylic acids is 1. The molecular formula is C12H15F3N2OS. The van der Waals surface area contributed by atoms with Gasteiger partial charge in [0.05, 0.1) is 0 Å². The molecule has 0 aliphatic carbocycles. The quantitative estimate of drug-likeness (QED) is 0.819. The number of nitrogens with one attached hydrogen (secondary N) is 1. The van der Waals surface area contributed by atoms with Crippen LogP contribution in [0.2, 0.25) is 0 Å². The highest BCUT2D eigenvalue weighted by atomic mass is 32.2. The maximum absolute atomic E-state index is 11.9. The maximum Gasteiger partial charge on any atom is 0.441 e. The van der Waals surface area contributed by atoms with Gasteiger partial charge in [-0.1, -0.05) is 29.8 Å². The summed E-state index contributed by atoms with van der Waals surface area (Å²) in [6.45, 7) is 1.84. The van der Waals surface area contributed by atoms with Gasteiger partial charge in [-0.3, -0.25) is 4.79 Å². The molecule has 3 nitrogen and oxygen atoms in total. The molecular weight excluding hydrogens is 277 g/mol. The van der Waals surface area contributed by atoms with Crippen molar-refractivity contribution in [3.05, 3.63) is 35.4 Å². The number of hydrogen-bond donors (Lipinski definition) is 2. The summed E-state index contributed by atoms with van der Waals surface area (Å²) in [5.41, 5.74) is 3.11. The highest BCUT2D eigenvalue weighted by Gasteiger charge is 2.27. The molecule has 0 radical (unpaired) electrons. The highest BCUT2D eigenvalue weighted by molar-refractivity contribution is 8.00. The van der Waals surface area contributed by atoms with E-state index >= 15 is 0 Å². The van der Waals surface area contributed by atoms with E-state index in [1.165, 1.54) is 0 Å². The van der Waals surface area contributed by atoms with Crippen LogP contribution in [0.15, 0.2) is 24.3 Å². The minimum absolute atomic E-state index is 0.0669. The van der Waals surface area contributed by atoms with Crippen molar-refractivity contribution in [3.8, 4) is 0 Å². The van der Waals surface area contributed by atoms with Crippen LogP contribution in [0.5, 0.6) is 0 Å². The zero-order valence-electron chi connectivity index (χ0n) is 10.3. The van der Waals surface area contributed by atoms with Crippen LogP contribution in [0.25, 0.3) is 0 Å². The van der Waals surface area contributed by atoms with E-state index in [1.807, 2.05) is 19.1 Å². The molecule has 0 fully saturated rings. The summed E-state index contributed by atoms with van der Waals surface area (Å²) in [4.78, 5) is 11.6. The van der Waals surface area contributed by atoms with Crippen LogP contribution in [0, 0.1) is 6.92 Å². The molecule has 0 aliphatic heterocycles. The van der Waals surface area contributed by atoms with E-state index < -0.39 is 17.5 Å². The molecule has 0 saturated heterocycles. The first-order valence-corrected chi connectivity index (χ1v) is 6.59. The van der Waals surface area contributed by atoms with Gasteiger partial charge in [0.2, 0.25) is 5.91 Å². The molecule has 19 heavy (non-hydrogen) atoms. The first kappa shape index (κ1) is 15.8. The summed E-state index contributed by atoms with van der Waals surface area (Å²) in [7, 11) is 0. The van der Waals surface area contributed by atoms with Crippen molar-refractivity contribution in [3.63, 3.8) is 0 Å². The second-order valence-corrected chi connectivity index (χ2v) is 5.13. The van der Waals surface area contributed by atoms with Gasteiger partial charge in [-0.2, -0.15) is 13.2 Å². The fourth-order valence-corrected chi connectivity index (χ4v) is 1.81. The first-order chi connectivity index (χ1) is 8.79. The summed E-state index contributed by atoms with van der Waals surface area (Å²) in [5, 5.41) is 2.38. The van der Waals surface area contributed by atoms with E-state index in [2.05, 4.69) is 5.32 Å². The molecule has 3 N–H and O–H groups in total. The van der Waals surface area contributed by atoms with Crippen LogP contribution in [0.1, 0.15) is 17.2 Å². The molecule has 1 unspecified atom stereocenters. The zero-order valence-corrected chi connectivity index (χ0v) is 11.1. The monoisotopic (exact) mass is 292 g/mol. The number of hydrogen-bond acceptors (Lipinski definition) is 3. The molecule has 106 valence electrons. The minimum Gasteiger partial charge on any atom is -0.354 e. The third-order valence-electron chi connectivity index (χ3n) is 2.39. The van der Waals surface area contributed by atoms with Crippen molar-refractivity contribution >= 4 is 17.7 Å². The number of nitrogens with two attached hydrogens (primary N) is 1. The Bertz CT molecular complexity index is 420. The topological polar surface area (TPSA) is 55.1 Å². The third kappa shape index (κ3) is 5.98. The Labute approximate surface area is 113 Å². The van der Waals surface area contributed by atoms with Crippen molar-refractivity contribution in [2.24, 2.45) is 5.73 Å². The van der Waals surface area contributed by atoms with Gasteiger partial charge in [0.1, 0.15) is 6.04 Å². The van der Waals surface area contributed by atoms with Gasteiger partial charge in [-0.15, -0.1) is 0 Å². The van der Waals surface area contributed by atoms with Crippen LogP contribution >= 0.6 is 11.8 Å². The predicted octanol–water partition coefficient (Wildman–Crippen LogP) is 2.36. The molecule has 1 aromatic carbocycles. The molecule has 0 heterocycles. The number of rotatable bonds is 5. The molecule has 0 spiro atoms. The SMILES string of the molecule is Cc1ccc(C(N)C(=O)NCCSC(F)(F)F)cc1. The average molecular weight is 292 g/mol. The van der Waals surface area contributed by atoms with E-state index in [1.54, 1.807) is 12.1 Å². The standard InChI is InChI=1S/C12H15F3N2OS/c1-8-2-4-9(5-3-8)10(16)11(18)17-6-7-19-12(13,14)15/h2-5,10H,6-7,16H2,1H3,(H,17,18). The molecule has 0 bridgehead atoms. The normalized spacial score (nSPS) is 13.1. The lowest BCUT2D eigenvalue weighted by Crippen LogP contribution is -2.35. The van der Waals surface area contributed by atoms with Crippen LogP contribution in [-0.4, -0.2) is 23.7 Å². The number of carbonyl (C=O) groups is 1. The van der Waals surface area contributed by atoms with Crippen molar-refractivity contribution < 1.29 is 18.0 Å². The summed E-state index contributed by atoms with van der Waals surface area (Å²) in [6, 6.07) is 6.23. The van der Waals surface area contributed by atoms with Gasteiger partial charge in [0, 0.05) is 12.3 Å². The van der Waals surface area contributed by atoms with Crippen molar-refractivity contribution in [1.82, 2.24) is 5.32 Å². The van der Waals surface area contributed by atoms with Gasteiger partial charge in [-0.25, -0.2) is 0 Å². The molecule has 1 rings (SSSR count). The highest BCUT2D eigenvalue weighted by Crippen LogP contribution is 2.29. The minimum atomic E-state index is -4.27. The Hall–Kier alpha value is -1.21. The lowest BCUT2D eigenvalue weighted by molar-refractivity contribution is -0.122. The van der Waals surface area contributed by atoms with E-state index in [-0.39, 0.29) is 24.1 Å². The van der Waals surface area contributed by atoms with E-state index in [0.717, 1.165) is 5.56 Å². The van der Waals surface area contributed by atoms with Crippen LogP contribution in [0.3, 0.4) is 0 Å². The Morgan fingerprint density at radius 3 is 2.47 bits per heavy atom. The summed E-state index contributed by atoms with van der Waals surface area (Å²) < 4.78 is 35.6. The fraction of sp³-hybridized carbons (Fsp3) is 0.417. The largest absolute Gasteiger partial charge is 0.441 e. The molecule has 1 aromatic rings. The molecule has 0 aliphatic rings. The van der Waals surface area contributed by atoms with Gasteiger partial charge in [-0.05, 0) is 24.2 Å². The van der Waals surface area contributed by atoms with Gasteiger partial charge < -0.3 is 11.1 Å². The van der Waals surface area contributed by atoms with Gasteiger partial charge in [0.25, 0.3) is 0 Å². The van der Waals surface area contributed by atoms with E-state index in [9.17, 15) is 18.0 Å². The second-order valence-electron chi connectivity index (χ2n) is 3.97. The third-order valence-corrected chi connectivity index (χ3v) is 3.12. The van der Waals surface area contributed by atoms with E-state index in [4.69, 9.17) is 5.73 Å². The molecule has 7 heteroatoms. The summed E-state index contributed by atoms with van der Waals surface area (Å²) >= 11 is -0.170. The lowest BCUT2D eigenvalue weighted by Gasteiger charge is -2.13. The first-order valence-electron chi connectivity index (χ1n) is 5.60. The predicted molar refractivity (Wildman–Crippen MR) is 69.6 cm³/mol. The van der Waals surface area contributed by atoms with Crippen molar-refractivity contribution in [1.29, 1.82) is 0 Å². The molecule has 0 saturated carbocycles. The molecule has 0 aromatic heterocycles. The molecule has 1 amide bonds. The number of aryl methyl sites for hydroxylation is 1. The zero-order chi connectivity index (χ0) is 14.5. The second kappa shape index (κ2) is 6.81. The summed E-state index contributed by atoms with van der Waals surface area (Å²) in [5.74, 6) is -0.706. The van der Waals surface area contributed by atoms with E-state index in [0.29, 0.717) is 5.56 Å². The Balaban J connectivity index is 2.39. The van der Waals surface area contributed by atoms with Crippen molar-refractivity contribution in [2.45, 2.75) is 18.5 Å². The summed E-state index contributed by atoms with van der Waals surface area (Å²) in [6.07, 6.45) is 0. The number of benzene rings is 1. The lowest BCUT2D eigenvalue weighted by atomic mass is 10.1. The number of alkyl halides is 3. The average Bonchev–Trinajstić information content (AvgIpc) is 2.33. The Kier molecular flexibility index (Phi) is 5.68. The smallest absolute Gasteiger partial charge is 0.354 e. The van der Waals surface area contributed by atoms with Gasteiger partial charge >= 0.3 is 5.51 Å². The maximum atomic E-state index is 11.9. The number of thioether (sulfide) groups is 1. The Morgan fingerprint density at radius 2 is 1.95 bits per heavy atom. The number of amides is 1. The number of halogens is 3.